The van der Waals surface area contributed by atoms with Crippen molar-refractivity contribution in [1.29, 1.82) is 0 Å². The molecule has 0 aliphatic carbocycles. The van der Waals surface area contributed by atoms with Crippen LogP contribution in [0.15, 0.2) is 0 Å². The zero-order valence-electron chi connectivity index (χ0n) is 9.42. The fourth-order valence-corrected chi connectivity index (χ4v) is 1.47. The van der Waals surface area contributed by atoms with Crippen molar-refractivity contribution in [2.45, 2.75) is 38.6 Å². The van der Waals surface area contributed by atoms with E-state index in [1.807, 2.05) is 6.92 Å². The molecule has 1 aliphatic heterocycles. The first-order valence-corrected chi connectivity index (χ1v) is 5.58. The van der Waals surface area contributed by atoms with E-state index in [-0.39, 0.29) is 5.54 Å². The van der Waals surface area contributed by atoms with Gasteiger partial charge in [-0.3, -0.25) is 0 Å². The molecule has 3 heteroatoms. The summed E-state index contributed by atoms with van der Waals surface area (Å²) in [7, 11) is 0. The van der Waals surface area contributed by atoms with E-state index in [1.54, 1.807) is 0 Å². The summed E-state index contributed by atoms with van der Waals surface area (Å²) in [5, 5.41) is 0. The summed E-state index contributed by atoms with van der Waals surface area (Å²) in [6.07, 6.45) is 3.22. The van der Waals surface area contributed by atoms with E-state index in [4.69, 9.17) is 15.2 Å². The number of nitrogens with two attached hydrogens (primary N) is 1. The van der Waals surface area contributed by atoms with Crippen LogP contribution in [0.25, 0.3) is 0 Å². The third-order valence-corrected chi connectivity index (χ3v) is 2.93. The van der Waals surface area contributed by atoms with Gasteiger partial charge < -0.3 is 15.2 Å². The Kier molecular flexibility index (Phi) is 4.85. The van der Waals surface area contributed by atoms with Crippen LogP contribution in [0.3, 0.4) is 0 Å². The molecule has 1 unspecified atom stereocenters. The van der Waals surface area contributed by atoms with Crippen molar-refractivity contribution < 1.29 is 9.47 Å². The molecule has 1 heterocycles. The lowest BCUT2D eigenvalue weighted by Crippen LogP contribution is -2.41. The van der Waals surface area contributed by atoms with Crippen LogP contribution in [-0.4, -0.2) is 32.0 Å². The smallest absolute Gasteiger partial charge is 0.0643 e. The minimum atomic E-state index is -0.162. The molecule has 2 N–H and O–H groups in total. The Morgan fingerprint density at radius 3 is 2.64 bits per heavy atom. The van der Waals surface area contributed by atoms with Gasteiger partial charge in [0.25, 0.3) is 0 Å². The van der Waals surface area contributed by atoms with Gasteiger partial charge in [-0.15, -0.1) is 0 Å². The van der Waals surface area contributed by atoms with Crippen LogP contribution in [0.2, 0.25) is 0 Å². The first-order chi connectivity index (χ1) is 6.64. The van der Waals surface area contributed by atoms with Crippen LogP contribution in [0.4, 0.5) is 0 Å². The Balaban J connectivity index is 2.08. The lowest BCUT2D eigenvalue weighted by Gasteiger charge is -2.26. The normalized spacial score (nSPS) is 23.4. The van der Waals surface area contributed by atoms with E-state index >= 15 is 0 Å². The Hall–Kier alpha value is -0.120. The largest absolute Gasteiger partial charge is 0.381 e. The summed E-state index contributed by atoms with van der Waals surface area (Å²) in [5.74, 6) is 0.677. The SMILES string of the molecule is CCC(C)(N)COCC1CCOCC1. The highest BCUT2D eigenvalue weighted by Gasteiger charge is 2.18. The zero-order valence-corrected chi connectivity index (χ0v) is 9.42. The molecule has 1 fully saturated rings. The summed E-state index contributed by atoms with van der Waals surface area (Å²) >= 11 is 0. The number of hydrogen-bond acceptors (Lipinski definition) is 3. The van der Waals surface area contributed by atoms with Gasteiger partial charge in [0, 0.05) is 25.4 Å². The van der Waals surface area contributed by atoms with Crippen molar-refractivity contribution in [1.82, 2.24) is 0 Å². The van der Waals surface area contributed by atoms with Crippen molar-refractivity contribution in [3.05, 3.63) is 0 Å². The van der Waals surface area contributed by atoms with E-state index < -0.39 is 0 Å². The number of hydrogen-bond donors (Lipinski definition) is 1. The molecule has 0 radical (unpaired) electrons. The highest BCUT2D eigenvalue weighted by molar-refractivity contribution is 4.75. The fourth-order valence-electron chi connectivity index (χ4n) is 1.47. The Morgan fingerprint density at radius 2 is 2.07 bits per heavy atom. The van der Waals surface area contributed by atoms with Gasteiger partial charge in [-0.25, -0.2) is 0 Å². The first kappa shape index (κ1) is 12.0. The molecule has 0 saturated carbocycles. The molecule has 0 bridgehead atoms. The second kappa shape index (κ2) is 5.69. The number of ether oxygens (including phenoxy) is 2. The average molecular weight is 201 g/mol. The molecule has 0 aromatic rings. The molecule has 1 rings (SSSR count). The van der Waals surface area contributed by atoms with E-state index in [1.165, 1.54) is 0 Å². The quantitative estimate of drug-likeness (QED) is 0.734. The summed E-state index contributed by atoms with van der Waals surface area (Å²) in [5.41, 5.74) is 5.82. The van der Waals surface area contributed by atoms with Crippen LogP contribution in [-0.2, 0) is 9.47 Å². The molecule has 1 aliphatic rings. The van der Waals surface area contributed by atoms with Crippen molar-refractivity contribution in [2.24, 2.45) is 11.7 Å². The second-order valence-electron chi connectivity index (χ2n) is 4.58. The van der Waals surface area contributed by atoms with Gasteiger partial charge in [0.05, 0.1) is 6.61 Å². The Morgan fingerprint density at radius 1 is 1.43 bits per heavy atom. The summed E-state index contributed by atoms with van der Waals surface area (Å²) in [6, 6.07) is 0. The summed E-state index contributed by atoms with van der Waals surface area (Å²) in [6.45, 7) is 7.43. The van der Waals surface area contributed by atoms with E-state index in [9.17, 15) is 0 Å². The predicted octanol–water partition coefficient (Wildman–Crippen LogP) is 1.56. The molecule has 84 valence electrons. The zero-order chi connectivity index (χ0) is 10.4. The maximum absolute atomic E-state index is 5.98. The lowest BCUT2D eigenvalue weighted by atomic mass is 10.0. The topological polar surface area (TPSA) is 44.5 Å². The maximum atomic E-state index is 5.98. The van der Waals surface area contributed by atoms with Crippen LogP contribution in [0, 0.1) is 5.92 Å². The lowest BCUT2D eigenvalue weighted by molar-refractivity contribution is 0.00868. The van der Waals surface area contributed by atoms with E-state index in [0.717, 1.165) is 39.1 Å². The first-order valence-electron chi connectivity index (χ1n) is 5.58. The monoisotopic (exact) mass is 201 g/mol. The molecule has 3 nitrogen and oxygen atoms in total. The Bertz CT molecular complexity index is 153. The summed E-state index contributed by atoms with van der Waals surface area (Å²) < 4.78 is 10.9. The van der Waals surface area contributed by atoms with Gasteiger partial charge in [-0.05, 0) is 32.1 Å². The minimum Gasteiger partial charge on any atom is -0.381 e. The predicted molar refractivity (Wildman–Crippen MR) is 57.2 cm³/mol. The van der Waals surface area contributed by atoms with Crippen molar-refractivity contribution >= 4 is 0 Å². The van der Waals surface area contributed by atoms with Crippen LogP contribution in [0.1, 0.15) is 33.1 Å². The molecule has 1 atom stereocenters. The van der Waals surface area contributed by atoms with E-state index in [2.05, 4.69) is 6.92 Å². The average Bonchev–Trinajstić information content (AvgIpc) is 2.19. The van der Waals surface area contributed by atoms with Gasteiger partial charge in [-0.1, -0.05) is 6.92 Å². The summed E-state index contributed by atoms with van der Waals surface area (Å²) in [4.78, 5) is 0. The number of rotatable bonds is 5. The third kappa shape index (κ3) is 4.40. The van der Waals surface area contributed by atoms with Crippen molar-refractivity contribution in [3.8, 4) is 0 Å². The van der Waals surface area contributed by atoms with Crippen LogP contribution < -0.4 is 5.73 Å². The minimum absolute atomic E-state index is 0.162. The molecule has 0 spiro atoms. The van der Waals surface area contributed by atoms with Crippen molar-refractivity contribution in [3.63, 3.8) is 0 Å². The molecule has 0 aromatic heterocycles. The van der Waals surface area contributed by atoms with Crippen LogP contribution >= 0.6 is 0 Å². The molecule has 0 amide bonds. The van der Waals surface area contributed by atoms with Gasteiger partial charge in [0.1, 0.15) is 0 Å². The fraction of sp³-hybridized carbons (Fsp3) is 1.00. The van der Waals surface area contributed by atoms with Crippen molar-refractivity contribution in [2.75, 3.05) is 26.4 Å². The molecular weight excluding hydrogens is 178 g/mol. The highest BCUT2D eigenvalue weighted by atomic mass is 16.5. The van der Waals surface area contributed by atoms with Crippen LogP contribution in [0.5, 0.6) is 0 Å². The molecule has 0 aromatic carbocycles. The molecule has 14 heavy (non-hydrogen) atoms. The maximum Gasteiger partial charge on any atom is 0.0643 e. The highest BCUT2D eigenvalue weighted by Crippen LogP contribution is 2.15. The van der Waals surface area contributed by atoms with E-state index in [0.29, 0.717) is 12.5 Å². The Labute approximate surface area is 86.9 Å². The standard InChI is InChI=1S/C11H23NO2/c1-3-11(2,12)9-14-8-10-4-6-13-7-5-10/h10H,3-9,12H2,1-2H3. The third-order valence-electron chi connectivity index (χ3n) is 2.93. The van der Waals surface area contributed by atoms with Gasteiger partial charge in [0.2, 0.25) is 0 Å². The molecular formula is C11H23NO2. The van der Waals surface area contributed by atoms with Gasteiger partial charge in [-0.2, -0.15) is 0 Å². The molecule has 1 saturated heterocycles. The van der Waals surface area contributed by atoms with Gasteiger partial charge in [0.15, 0.2) is 0 Å². The van der Waals surface area contributed by atoms with Gasteiger partial charge >= 0.3 is 0 Å². The second-order valence-corrected chi connectivity index (χ2v) is 4.58.